The molecule has 3 nitrogen and oxygen atoms in total. The highest BCUT2D eigenvalue weighted by Crippen LogP contribution is 2.34. The van der Waals surface area contributed by atoms with Crippen LogP contribution in [0.3, 0.4) is 0 Å². The molecule has 0 atom stereocenters. The molecule has 1 heterocycles. The minimum atomic E-state index is -3.00. The summed E-state index contributed by atoms with van der Waals surface area (Å²) in [6, 6.07) is 0. The normalized spacial score (nSPS) is 13.3. The lowest BCUT2D eigenvalue weighted by Crippen LogP contribution is -2.28. The lowest BCUT2D eigenvalue weighted by Gasteiger charge is -2.21. The second-order valence-corrected chi connectivity index (χ2v) is 4.72. The molecule has 0 aliphatic rings. The summed E-state index contributed by atoms with van der Waals surface area (Å²) in [7, 11) is 1.63. The third-order valence-corrected chi connectivity index (χ3v) is 2.19. The molecule has 0 aliphatic heterocycles. The molecule has 0 saturated heterocycles. The average Bonchev–Trinajstić information content (AvgIpc) is 2.47. The average molecular weight is 217 g/mol. The molecule has 0 fully saturated rings. The number of halogens is 2. The van der Waals surface area contributed by atoms with Gasteiger partial charge in [0.2, 0.25) is 0 Å². The van der Waals surface area contributed by atoms with Crippen molar-refractivity contribution in [2.75, 3.05) is 6.54 Å². The first-order valence-corrected chi connectivity index (χ1v) is 4.81. The highest BCUT2D eigenvalue weighted by molar-refractivity contribution is 5.28. The molecule has 1 aromatic heterocycles. The van der Waals surface area contributed by atoms with Crippen LogP contribution in [0.4, 0.5) is 8.78 Å². The fourth-order valence-corrected chi connectivity index (χ4v) is 1.42. The van der Waals surface area contributed by atoms with Gasteiger partial charge in [-0.05, 0) is 0 Å². The second-order valence-electron chi connectivity index (χ2n) is 4.72. The first-order chi connectivity index (χ1) is 6.68. The fraction of sp³-hybridized carbons (Fsp3) is 0.700. The van der Waals surface area contributed by atoms with E-state index in [4.69, 9.17) is 5.73 Å². The lowest BCUT2D eigenvalue weighted by molar-refractivity contribution is 0.00417. The number of alkyl halides is 2. The maximum absolute atomic E-state index is 13.5. The van der Waals surface area contributed by atoms with Crippen LogP contribution in [0.25, 0.3) is 0 Å². The van der Waals surface area contributed by atoms with E-state index < -0.39 is 17.9 Å². The Hall–Kier alpha value is -0.970. The molecule has 0 saturated carbocycles. The Kier molecular flexibility index (Phi) is 2.87. The second kappa shape index (κ2) is 3.56. The third kappa shape index (κ3) is 2.34. The van der Waals surface area contributed by atoms with Gasteiger partial charge in [-0.25, -0.2) is 0 Å². The van der Waals surface area contributed by atoms with Crippen molar-refractivity contribution in [2.24, 2.45) is 12.8 Å². The summed E-state index contributed by atoms with van der Waals surface area (Å²) in [5, 5.41) is 4.08. The van der Waals surface area contributed by atoms with E-state index in [-0.39, 0.29) is 5.56 Å². The molecule has 0 unspecified atom stereocenters. The van der Waals surface area contributed by atoms with Gasteiger partial charge >= 0.3 is 0 Å². The molecule has 0 spiro atoms. The summed E-state index contributed by atoms with van der Waals surface area (Å²) in [5.74, 6) is -3.00. The highest BCUT2D eigenvalue weighted by Gasteiger charge is 2.37. The van der Waals surface area contributed by atoms with Gasteiger partial charge in [-0.15, -0.1) is 0 Å². The summed E-state index contributed by atoms with van der Waals surface area (Å²) < 4.78 is 28.4. The molecule has 0 aromatic carbocycles. The Morgan fingerprint density at radius 3 is 2.33 bits per heavy atom. The number of hydrogen-bond donors (Lipinski definition) is 1. The molecular formula is C10H17F2N3. The smallest absolute Gasteiger partial charge is 0.288 e. The standard InChI is InChI=1S/C10H17F2N3/c1-9(2,3)8-7(5-15(4)14-8)10(11,12)6-13/h5H,6,13H2,1-4H3. The number of aryl methyl sites for hydroxylation is 1. The highest BCUT2D eigenvalue weighted by atomic mass is 19.3. The molecule has 0 aliphatic carbocycles. The van der Waals surface area contributed by atoms with Crippen molar-refractivity contribution in [3.05, 3.63) is 17.5 Å². The van der Waals surface area contributed by atoms with Gasteiger partial charge in [0.25, 0.3) is 5.92 Å². The van der Waals surface area contributed by atoms with E-state index in [1.54, 1.807) is 7.05 Å². The summed E-state index contributed by atoms with van der Waals surface area (Å²) in [6.45, 7) is 4.87. The van der Waals surface area contributed by atoms with Crippen LogP contribution in [0.1, 0.15) is 32.0 Å². The predicted molar refractivity (Wildman–Crippen MR) is 54.9 cm³/mol. The first-order valence-electron chi connectivity index (χ1n) is 4.81. The molecular weight excluding hydrogens is 200 g/mol. The maximum Gasteiger partial charge on any atom is 0.288 e. The van der Waals surface area contributed by atoms with Gasteiger partial charge in [-0.2, -0.15) is 13.9 Å². The van der Waals surface area contributed by atoms with Gasteiger partial charge in [0.1, 0.15) is 0 Å². The number of hydrogen-bond acceptors (Lipinski definition) is 2. The van der Waals surface area contributed by atoms with Crippen molar-refractivity contribution in [3.8, 4) is 0 Å². The van der Waals surface area contributed by atoms with E-state index in [1.807, 2.05) is 20.8 Å². The molecule has 5 heteroatoms. The zero-order valence-electron chi connectivity index (χ0n) is 9.51. The molecule has 0 radical (unpaired) electrons. The topological polar surface area (TPSA) is 43.8 Å². The Morgan fingerprint density at radius 2 is 1.93 bits per heavy atom. The Balaban J connectivity index is 3.30. The lowest BCUT2D eigenvalue weighted by atomic mass is 9.88. The number of aromatic nitrogens is 2. The van der Waals surface area contributed by atoms with E-state index >= 15 is 0 Å². The van der Waals surface area contributed by atoms with Crippen LogP contribution in [0.15, 0.2) is 6.20 Å². The zero-order valence-corrected chi connectivity index (χ0v) is 9.51. The number of nitrogens with two attached hydrogens (primary N) is 1. The summed E-state index contributed by atoms with van der Waals surface area (Å²) >= 11 is 0. The molecule has 1 rings (SSSR count). The van der Waals surface area contributed by atoms with Gasteiger partial charge in [-0.3, -0.25) is 4.68 Å². The van der Waals surface area contributed by atoms with E-state index in [0.717, 1.165) is 0 Å². The van der Waals surface area contributed by atoms with Crippen LogP contribution in [0.2, 0.25) is 0 Å². The minimum Gasteiger partial charge on any atom is -0.325 e. The van der Waals surface area contributed by atoms with Crippen LogP contribution in [0, 0.1) is 0 Å². The van der Waals surface area contributed by atoms with Crippen molar-refractivity contribution in [3.63, 3.8) is 0 Å². The van der Waals surface area contributed by atoms with Crippen LogP contribution < -0.4 is 5.73 Å². The first kappa shape index (κ1) is 12.1. The third-order valence-electron chi connectivity index (χ3n) is 2.19. The van der Waals surface area contributed by atoms with Crippen molar-refractivity contribution in [2.45, 2.75) is 32.1 Å². The summed E-state index contributed by atoms with van der Waals surface area (Å²) in [6.07, 6.45) is 1.34. The largest absolute Gasteiger partial charge is 0.325 e. The van der Waals surface area contributed by atoms with E-state index in [2.05, 4.69) is 5.10 Å². The van der Waals surface area contributed by atoms with Crippen LogP contribution in [-0.4, -0.2) is 16.3 Å². The Bertz CT molecular complexity index is 350. The number of rotatable bonds is 2. The van der Waals surface area contributed by atoms with Crippen LogP contribution >= 0.6 is 0 Å². The predicted octanol–water partition coefficient (Wildman–Crippen LogP) is 1.77. The maximum atomic E-state index is 13.5. The van der Waals surface area contributed by atoms with Gasteiger partial charge in [0, 0.05) is 18.7 Å². The van der Waals surface area contributed by atoms with Gasteiger partial charge in [-0.1, -0.05) is 20.8 Å². The molecule has 2 N–H and O–H groups in total. The summed E-state index contributed by atoms with van der Waals surface area (Å²) in [4.78, 5) is 0. The van der Waals surface area contributed by atoms with Gasteiger partial charge in [0.15, 0.2) is 0 Å². The fourth-order valence-electron chi connectivity index (χ4n) is 1.42. The Morgan fingerprint density at radius 1 is 1.40 bits per heavy atom. The van der Waals surface area contributed by atoms with E-state index in [1.165, 1.54) is 10.9 Å². The van der Waals surface area contributed by atoms with E-state index in [0.29, 0.717) is 5.69 Å². The number of nitrogens with zero attached hydrogens (tertiary/aromatic N) is 2. The molecule has 1 aromatic rings. The minimum absolute atomic E-state index is 0.0694. The SMILES string of the molecule is Cn1cc(C(F)(F)CN)c(C(C)(C)C)n1. The Labute approximate surface area is 88.3 Å². The quantitative estimate of drug-likeness (QED) is 0.820. The molecule has 86 valence electrons. The van der Waals surface area contributed by atoms with Crippen molar-refractivity contribution in [1.29, 1.82) is 0 Å². The molecule has 15 heavy (non-hydrogen) atoms. The monoisotopic (exact) mass is 217 g/mol. The van der Waals surface area contributed by atoms with Gasteiger partial charge in [0.05, 0.1) is 17.8 Å². The van der Waals surface area contributed by atoms with E-state index in [9.17, 15) is 8.78 Å². The zero-order chi connectivity index (χ0) is 11.9. The summed E-state index contributed by atoms with van der Waals surface area (Å²) in [5.41, 5.74) is 5.00. The van der Waals surface area contributed by atoms with Crippen molar-refractivity contribution in [1.82, 2.24) is 9.78 Å². The van der Waals surface area contributed by atoms with Crippen LogP contribution in [-0.2, 0) is 18.4 Å². The molecule has 0 bridgehead atoms. The van der Waals surface area contributed by atoms with Crippen molar-refractivity contribution >= 4 is 0 Å². The van der Waals surface area contributed by atoms with Gasteiger partial charge < -0.3 is 5.73 Å². The molecule has 0 amide bonds. The van der Waals surface area contributed by atoms with Crippen LogP contribution in [0.5, 0.6) is 0 Å². The van der Waals surface area contributed by atoms with Crippen molar-refractivity contribution < 1.29 is 8.78 Å².